The molecule has 2 aromatic carbocycles. The molecule has 1 fully saturated rings. The Kier molecular flexibility index (Phi) is 10.5. The van der Waals surface area contributed by atoms with Crippen LogP contribution in [0.25, 0.3) is 0 Å². The average Bonchev–Trinajstić information content (AvgIpc) is 3.26. The van der Waals surface area contributed by atoms with E-state index in [1.807, 2.05) is 45.0 Å². The zero-order chi connectivity index (χ0) is 30.5. The van der Waals surface area contributed by atoms with Crippen LogP contribution in [0.5, 0.6) is 0 Å². The van der Waals surface area contributed by atoms with E-state index in [2.05, 4.69) is 0 Å². The van der Waals surface area contributed by atoms with Crippen LogP contribution in [0.1, 0.15) is 58.2 Å². The summed E-state index contributed by atoms with van der Waals surface area (Å²) in [4.78, 5) is 42.1. The summed E-state index contributed by atoms with van der Waals surface area (Å²) in [6, 6.07) is 9.81. The van der Waals surface area contributed by atoms with Crippen molar-refractivity contribution < 1.29 is 37.7 Å². The number of benzene rings is 2. The second kappa shape index (κ2) is 13.4. The van der Waals surface area contributed by atoms with Crippen molar-refractivity contribution in [1.29, 1.82) is 0 Å². The summed E-state index contributed by atoms with van der Waals surface area (Å²) in [5, 5.41) is 11.5. The number of cyclic esters (lactones) is 1. The van der Waals surface area contributed by atoms with E-state index in [0.717, 1.165) is 28.2 Å². The van der Waals surface area contributed by atoms with Crippen LogP contribution in [0.15, 0.2) is 42.5 Å². The van der Waals surface area contributed by atoms with Crippen molar-refractivity contribution in [1.82, 2.24) is 9.80 Å². The molecular formula is C31H40F2N2O6. The lowest BCUT2D eigenvalue weighted by Gasteiger charge is -2.33. The number of carbonyl (C=O) groups excluding carboxylic acids is 3. The minimum absolute atomic E-state index is 0.00250. The number of aliphatic hydroxyl groups excluding tert-OH is 1. The highest BCUT2D eigenvalue weighted by atomic mass is 19.1. The van der Waals surface area contributed by atoms with Gasteiger partial charge in [0.05, 0.1) is 24.6 Å². The number of halogens is 2. The number of aliphatic hydroxyl groups is 1. The maximum absolute atomic E-state index is 14.1. The molecule has 0 spiro atoms. The lowest BCUT2D eigenvalue weighted by Crippen LogP contribution is -2.51. The van der Waals surface area contributed by atoms with Gasteiger partial charge in [0.25, 0.3) is 0 Å². The number of imide groups is 1. The van der Waals surface area contributed by atoms with Crippen LogP contribution in [0, 0.1) is 23.5 Å². The highest BCUT2D eigenvalue weighted by molar-refractivity contribution is 5.95. The van der Waals surface area contributed by atoms with E-state index in [9.17, 15) is 28.3 Å². The summed E-state index contributed by atoms with van der Waals surface area (Å²) in [5.41, 5.74) is 1.13. The van der Waals surface area contributed by atoms with E-state index in [4.69, 9.17) is 9.47 Å². The standard InChI is InChI=1S/C31H40F2N2O6/c1-7-21-10-8-9-11-22(21)16-34(29(38)41-31(4,5)6)17-27(36)25(14-20-12-23(32)15-24(33)13-20)28(37)35-26(19(2)3)18-40-30(35)39/h8-13,15,19,25-27,36H,7,14,16-18H2,1-6H3/t25-,26+,27+/m0/s1. The largest absolute Gasteiger partial charge is 0.447 e. The predicted octanol–water partition coefficient (Wildman–Crippen LogP) is 5.49. The minimum Gasteiger partial charge on any atom is -0.447 e. The highest BCUT2D eigenvalue weighted by Crippen LogP contribution is 2.27. The second-order valence-electron chi connectivity index (χ2n) is 11.7. The van der Waals surface area contributed by atoms with Crippen molar-refractivity contribution >= 4 is 18.1 Å². The molecule has 1 aliphatic rings. The van der Waals surface area contributed by atoms with Gasteiger partial charge in [-0.3, -0.25) is 4.79 Å². The third kappa shape index (κ3) is 8.48. The summed E-state index contributed by atoms with van der Waals surface area (Å²) in [5.74, 6) is -3.89. The zero-order valence-electron chi connectivity index (χ0n) is 24.5. The Morgan fingerprint density at radius 2 is 1.73 bits per heavy atom. The summed E-state index contributed by atoms with van der Waals surface area (Å²) in [7, 11) is 0. The number of rotatable bonds is 10. The van der Waals surface area contributed by atoms with E-state index in [0.29, 0.717) is 12.5 Å². The number of nitrogens with zero attached hydrogens (tertiary/aromatic N) is 2. The van der Waals surface area contributed by atoms with E-state index in [1.54, 1.807) is 20.8 Å². The van der Waals surface area contributed by atoms with Gasteiger partial charge in [0.15, 0.2) is 0 Å². The molecule has 8 nitrogen and oxygen atoms in total. The highest BCUT2D eigenvalue weighted by Gasteiger charge is 2.44. The molecule has 0 aromatic heterocycles. The van der Waals surface area contributed by atoms with Crippen molar-refractivity contribution in [2.45, 2.75) is 78.7 Å². The summed E-state index contributed by atoms with van der Waals surface area (Å²) >= 11 is 0. The van der Waals surface area contributed by atoms with Crippen LogP contribution in [-0.4, -0.2) is 63.9 Å². The molecular weight excluding hydrogens is 534 g/mol. The van der Waals surface area contributed by atoms with Crippen LogP contribution in [0.2, 0.25) is 0 Å². The molecule has 0 unspecified atom stereocenters. The Morgan fingerprint density at radius 1 is 1.12 bits per heavy atom. The number of aryl methyl sites for hydroxylation is 1. The molecule has 0 bridgehead atoms. The third-order valence-electron chi connectivity index (χ3n) is 6.99. The van der Waals surface area contributed by atoms with Crippen molar-refractivity contribution in [3.63, 3.8) is 0 Å². The number of amides is 3. The van der Waals surface area contributed by atoms with Crippen LogP contribution in [0.3, 0.4) is 0 Å². The van der Waals surface area contributed by atoms with E-state index in [1.165, 1.54) is 4.90 Å². The van der Waals surface area contributed by atoms with Crippen molar-refractivity contribution in [3.05, 3.63) is 70.8 Å². The third-order valence-corrected chi connectivity index (χ3v) is 6.99. The molecule has 0 radical (unpaired) electrons. The molecule has 0 aliphatic carbocycles. The first kappa shape index (κ1) is 32.0. The molecule has 41 heavy (non-hydrogen) atoms. The van der Waals surface area contributed by atoms with Gasteiger partial charge >= 0.3 is 12.2 Å². The number of hydrogen-bond donors (Lipinski definition) is 1. The summed E-state index contributed by atoms with van der Waals surface area (Å²) in [6.07, 6.45) is -2.64. The van der Waals surface area contributed by atoms with Gasteiger partial charge in [-0.25, -0.2) is 23.3 Å². The van der Waals surface area contributed by atoms with Gasteiger partial charge in [-0.05, 0) is 68.4 Å². The van der Waals surface area contributed by atoms with Gasteiger partial charge in [-0.2, -0.15) is 0 Å². The first-order chi connectivity index (χ1) is 19.2. The SMILES string of the molecule is CCc1ccccc1CN(C[C@@H](O)[C@H](Cc1cc(F)cc(F)c1)C(=O)N1C(=O)OC[C@@H]1C(C)C)C(=O)OC(C)(C)C. The fourth-order valence-electron chi connectivity index (χ4n) is 4.87. The van der Waals surface area contributed by atoms with Crippen LogP contribution in [0.4, 0.5) is 18.4 Å². The van der Waals surface area contributed by atoms with Gasteiger partial charge in [-0.15, -0.1) is 0 Å². The quantitative estimate of drug-likeness (QED) is 0.403. The van der Waals surface area contributed by atoms with Crippen molar-refractivity contribution in [3.8, 4) is 0 Å². The molecule has 2 aromatic rings. The Labute approximate surface area is 240 Å². The average molecular weight is 575 g/mol. The molecule has 1 heterocycles. The second-order valence-corrected chi connectivity index (χ2v) is 11.7. The molecule has 0 saturated carbocycles. The van der Waals surface area contributed by atoms with E-state index < -0.39 is 53.4 Å². The molecule has 3 amide bonds. The molecule has 3 rings (SSSR count). The number of carbonyl (C=O) groups is 3. The Hall–Kier alpha value is -3.53. The molecule has 224 valence electrons. The monoisotopic (exact) mass is 574 g/mol. The van der Waals surface area contributed by atoms with Gasteiger partial charge in [0.2, 0.25) is 5.91 Å². The topological polar surface area (TPSA) is 96.4 Å². The zero-order valence-corrected chi connectivity index (χ0v) is 24.5. The van der Waals surface area contributed by atoms with Crippen LogP contribution in [-0.2, 0) is 33.7 Å². The van der Waals surface area contributed by atoms with Crippen molar-refractivity contribution in [2.75, 3.05) is 13.2 Å². The maximum Gasteiger partial charge on any atom is 0.416 e. The fourth-order valence-corrected chi connectivity index (χ4v) is 4.87. The van der Waals surface area contributed by atoms with Crippen LogP contribution < -0.4 is 0 Å². The molecule has 3 atom stereocenters. The normalized spacial score (nSPS) is 16.9. The number of ether oxygens (including phenoxy) is 2. The molecule has 1 saturated heterocycles. The van der Waals surface area contributed by atoms with Gasteiger partial charge in [-0.1, -0.05) is 45.0 Å². The predicted molar refractivity (Wildman–Crippen MR) is 149 cm³/mol. The first-order valence-electron chi connectivity index (χ1n) is 13.9. The Bertz CT molecular complexity index is 1230. The van der Waals surface area contributed by atoms with Gasteiger partial charge < -0.3 is 19.5 Å². The van der Waals surface area contributed by atoms with Crippen molar-refractivity contribution in [2.24, 2.45) is 11.8 Å². The first-order valence-corrected chi connectivity index (χ1v) is 13.9. The molecule has 1 aliphatic heterocycles. The fraction of sp³-hybridized carbons (Fsp3) is 0.516. The Morgan fingerprint density at radius 3 is 2.29 bits per heavy atom. The van der Waals surface area contributed by atoms with Gasteiger partial charge in [0, 0.05) is 12.6 Å². The Balaban J connectivity index is 1.99. The molecule has 1 N–H and O–H groups in total. The summed E-state index contributed by atoms with van der Waals surface area (Å²) < 4.78 is 38.9. The van der Waals surface area contributed by atoms with E-state index in [-0.39, 0.29) is 37.6 Å². The summed E-state index contributed by atoms with van der Waals surface area (Å²) in [6.45, 7) is 10.5. The minimum atomic E-state index is -1.52. The molecule has 10 heteroatoms. The lowest BCUT2D eigenvalue weighted by atomic mass is 9.90. The lowest BCUT2D eigenvalue weighted by molar-refractivity contribution is -0.138. The van der Waals surface area contributed by atoms with E-state index >= 15 is 0 Å². The smallest absolute Gasteiger partial charge is 0.416 e. The van der Waals surface area contributed by atoms with Gasteiger partial charge in [0.1, 0.15) is 23.8 Å². The van der Waals surface area contributed by atoms with Crippen LogP contribution >= 0.6 is 0 Å². The maximum atomic E-state index is 14.1. The number of hydrogen-bond acceptors (Lipinski definition) is 6.